The van der Waals surface area contributed by atoms with Crippen LogP contribution in [-0.2, 0) is 16.2 Å². The van der Waals surface area contributed by atoms with Crippen molar-refractivity contribution >= 4 is 64.6 Å². The minimum absolute atomic E-state index is 0.0568. The number of rotatable bonds is 2. The summed E-state index contributed by atoms with van der Waals surface area (Å²) in [5, 5.41) is 15.6. The highest BCUT2D eigenvalue weighted by atomic mass is 16.5. The van der Waals surface area contributed by atoms with E-state index in [1.54, 1.807) is 0 Å². The summed E-state index contributed by atoms with van der Waals surface area (Å²) in [5.41, 5.74) is 9.35. The van der Waals surface area contributed by atoms with E-state index in [1.807, 2.05) is 0 Å². The van der Waals surface area contributed by atoms with Crippen LogP contribution >= 0.6 is 0 Å². The Bertz CT molecular complexity index is 2910. The summed E-state index contributed by atoms with van der Waals surface area (Å²) in [6.45, 7) is 18.8. The van der Waals surface area contributed by atoms with Crippen molar-refractivity contribution < 1.29 is 4.74 Å². The predicted molar refractivity (Wildman–Crippen MR) is 241 cm³/mol. The molecule has 0 fully saturated rings. The first-order chi connectivity index (χ1) is 26.7. The van der Waals surface area contributed by atoms with Gasteiger partial charge >= 0.3 is 0 Å². The Balaban J connectivity index is 1.18. The molecule has 0 amide bonds. The summed E-state index contributed by atoms with van der Waals surface area (Å²) in [7, 11) is 0. The van der Waals surface area contributed by atoms with E-state index < -0.39 is 0 Å². The van der Waals surface area contributed by atoms with Crippen LogP contribution in [0.1, 0.15) is 77.6 Å². The molecule has 0 saturated carbocycles. The van der Waals surface area contributed by atoms with Crippen molar-refractivity contribution in [2.75, 3.05) is 0 Å². The topological polar surface area (TPSA) is 9.23 Å². The van der Waals surface area contributed by atoms with Gasteiger partial charge in [-0.25, -0.2) is 0 Å². The number of hydrogen-bond donors (Lipinski definition) is 0. The molecule has 1 nitrogen and oxygen atoms in total. The predicted octanol–water partition coefficient (Wildman–Crippen LogP) is 15.8. The molecule has 0 unspecified atom stereocenters. The van der Waals surface area contributed by atoms with Crippen LogP contribution in [0.5, 0.6) is 11.5 Å². The van der Waals surface area contributed by atoms with Gasteiger partial charge in [0.15, 0.2) is 0 Å². The Morgan fingerprint density at radius 1 is 0.375 bits per heavy atom. The molecule has 1 aliphatic rings. The van der Waals surface area contributed by atoms with Gasteiger partial charge in [0.25, 0.3) is 0 Å². The number of hydrogen-bond acceptors (Lipinski definition) is 1. The van der Waals surface area contributed by atoms with Gasteiger partial charge in [-0.15, -0.1) is 0 Å². The standard InChI is InChI=1S/C55H46O/c1-53(2,3)41-27-43(39-23-35-19-15-31-11-9-12-32-16-20-36(24-39)49(35)47(31)32)51-45(29-41)55(7,8)46-30-42(54(4,5)6)28-44(52(46)56-51)40-25-37-21-17-33-13-10-14-34-18-22-38(26-40)50(37)48(33)34/h9-30H,1-8H3. The summed E-state index contributed by atoms with van der Waals surface area (Å²) in [6, 6.07) is 50.8. The summed E-state index contributed by atoms with van der Waals surface area (Å²) in [4.78, 5) is 0. The molecule has 0 bridgehead atoms. The normalized spacial score (nSPS) is 14.4. The van der Waals surface area contributed by atoms with Crippen molar-refractivity contribution in [3.8, 4) is 33.8 Å². The molecule has 56 heavy (non-hydrogen) atoms. The molecule has 10 aromatic rings. The number of fused-ring (bicyclic) bond motifs is 2. The lowest BCUT2D eigenvalue weighted by Crippen LogP contribution is -2.27. The molecule has 0 aromatic heterocycles. The maximum atomic E-state index is 7.52. The highest BCUT2D eigenvalue weighted by molar-refractivity contribution is 6.25. The molecule has 11 rings (SSSR count). The van der Waals surface area contributed by atoms with Gasteiger partial charge in [0, 0.05) is 27.7 Å². The van der Waals surface area contributed by atoms with Gasteiger partial charge in [-0.1, -0.05) is 152 Å². The third-order valence-electron chi connectivity index (χ3n) is 13.0. The van der Waals surface area contributed by atoms with Crippen LogP contribution in [0.4, 0.5) is 0 Å². The monoisotopic (exact) mass is 722 g/mol. The highest BCUT2D eigenvalue weighted by Gasteiger charge is 2.40. The van der Waals surface area contributed by atoms with Crippen LogP contribution in [-0.4, -0.2) is 0 Å². The van der Waals surface area contributed by atoms with Gasteiger partial charge in [-0.05, 0) is 134 Å². The van der Waals surface area contributed by atoms with Crippen LogP contribution in [0.3, 0.4) is 0 Å². The lowest BCUT2D eigenvalue weighted by Gasteiger charge is -2.39. The van der Waals surface area contributed by atoms with E-state index in [4.69, 9.17) is 4.74 Å². The molecule has 1 heteroatoms. The third kappa shape index (κ3) is 4.73. The van der Waals surface area contributed by atoms with Crippen LogP contribution in [0.25, 0.3) is 86.9 Å². The second kappa shape index (κ2) is 11.1. The van der Waals surface area contributed by atoms with E-state index in [2.05, 4.69) is 189 Å². The van der Waals surface area contributed by atoms with Gasteiger partial charge in [0.2, 0.25) is 0 Å². The first-order valence-corrected chi connectivity index (χ1v) is 20.2. The zero-order valence-corrected chi connectivity index (χ0v) is 33.6. The maximum absolute atomic E-state index is 7.52. The minimum atomic E-state index is -0.332. The summed E-state index contributed by atoms with van der Waals surface area (Å²) >= 11 is 0. The zero-order chi connectivity index (χ0) is 38.5. The largest absolute Gasteiger partial charge is 0.455 e. The molecule has 0 N–H and O–H groups in total. The molecule has 0 radical (unpaired) electrons. The second-order valence-corrected chi connectivity index (χ2v) is 19.0. The zero-order valence-electron chi connectivity index (χ0n) is 33.6. The molecule has 272 valence electrons. The lowest BCUT2D eigenvalue weighted by atomic mass is 9.70. The van der Waals surface area contributed by atoms with Crippen molar-refractivity contribution in [2.45, 2.75) is 71.6 Å². The van der Waals surface area contributed by atoms with E-state index >= 15 is 0 Å². The van der Waals surface area contributed by atoms with Crippen molar-refractivity contribution in [3.63, 3.8) is 0 Å². The molecule has 0 aliphatic carbocycles. The van der Waals surface area contributed by atoms with Crippen molar-refractivity contribution in [3.05, 3.63) is 156 Å². The summed E-state index contributed by atoms with van der Waals surface area (Å²) < 4.78 is 7.52. The molecule has 1 heterocycles. The van der Waals surface area contributed by atoms with Gasteiger partial charge < -0.3 is 4.74 Å². The quantitative estimate of drug-likeness (QED) is 0.161. The molecular weight excluding hydrogens is 677 g/mol. The van der Waals surface area contributed by atoms with Crippen LogP contribution in [0, 0.1) is 0 Å². The number of ether oxygens (including phenoxy) is 1. The van der Waals surface area contributed by atoms with Crippen LogP contribution in [0.2, 0.25) is 0 Å². The fourth-order valence-corrected chi connectivity index (χ4v) is 9.77. The van der Waals surface area contributed by atoms with Gasteiger partial charge in [0.05, 0.1) is 0 Å². The average Bonchev–Trinajstić information content (AvgIpc) is 3.17. The van der Waals surface area contributed by atoms with Crippen LogP contribution < -0.4 is 4.74 Å². The van der Waals surface area contributed by atoms with E-state index in [0.29, 0.717) is 0 Å². The molecule has 0 atom stereocenters. The van der Waals surface area contributed by atoms with E-state index in [0.717, 1.165) is 22.6 Å². The summed E-state index contributed by atoms with van der Waals surface area (Å²) in [6.07, 6.45) is 0. The van der Waals surface area contributed by atoms with Gasteiger partial charge in [-0.3, -0.25) is 0 Å². The Hall–Kier alpha value is -5.92. The molecule has 1 aliphatic heterocycles. The Labute approximate surface area is 329 Å². The van der Waals surface area contributed by atoms with Crippen molar-refractivity contribution in [1.82, 2.24) is 0 Å². The summed E-state index contributed by atoms with van der Waals surface area (Å²) in [5.74, 6) is 1.93. The van der Waals surface area contributed by atoms with E-state index in [1.165, 1.54) is 98.0 Å². The highest BCUT2D eigenvalue weighted by Crippen LogP contribution is 2.57. The number of benzene rings is 10. The average molecular weight is 723 g/mol. The smallest absolute Gasteiger partial charge is 0.139 e. The van der Waals surface area contributed by atoms with Gasteiger partial charge in [-0.2, -0.15) is 0 Å². The van der Waals surface area contributed by atoms with Crippen molar-refractivity contribution in [1.29, 1.82) is 0 Å². The molecule has 0 saturated heterocycles. The fraction of sp³-hybridized carbons (Fsp3) is 0.200. The molecule has 10 aromatic carbocycles. The molecule has 0 spiro atoms. The minimum Gasteiger partial charge on any atom is -0.455 e. The van der Waals surface area contributed by atoms with Crippen molar-refractivity contribution in [2.24, 2.45) is 0 Å². The third-order valence-corrected chi connectivity index (χ3v) is 13.0. The van der Waals surface area contributed by atoms with Crippen LogP contribution in [0.15, 0.2) is 133 Å². The lowest BCUT2D eigenvalue weighted by molar-refractivity contribution is 0.418. The molecular formula is C55H46O. The Kier molecular flexibility index (Phi) is 6.63. The fourth-order valence-electron chi connectivity index (χ4n) is 9.77. The van der Waals surface area contributed by atoms with E-state index in [-0.39, 0.29) is 16.2 Å². The first-order valence-electron chi connectivity index (χ1n) is 20.2. The first kappa shape index (κ1) is 33.4. The second-order valence-electron chi connectivity index (χ2n) is 19.0. The SMILES string of the molecule is CC(C)(C)c1cc(-c2cc3ccc4cccc5ccc(c2)c3c45)c2c(c1)C(C)(C)c1cc(C(C)(C)C)cc(-c3cc4ccc5cccc6ccc(c3)c4c56)c1O2. The Morgan fingerprint density at radius 3 is 1.00 bits per heavy atom. The maximum Gasteiger partial charge on any atom is 0.139 e. The Morgan fingerprint density at radius 2 is 0.679 bits per heavy atom. The van der Waals surface area contributed by atoms with E-state index in [9.17, 15) is 0 Å². The van der Waals surface area contributed by atoms with Gasteiger partial charge in [0.1, 0.15) is 11.5 Å².